The van der Waals surface area contributed by atoms with E-state index in [4.69, 9.17) is 0 Å². The van der Waals surface area contributed by atoms with Gasteiger partial charge in [-0.3, -0.25) is 10.1 Å². The zero-order valence-corrected chi connectivity index (χ0v) is 20.3. The van der Waals surface area contributed by atoms with Crippen LogP contribution in [0.3, 0.4) is 0 Å². The van der Waals surface area contributed by atoms with Crippen LogP contribution in [0.25, 0.3) is 51.4 Å². The standard InChI is InChI=1S/C27H26N6S/c1-7-14-28-20(8-2)17(5)9-10-21-18(6)24(33-32-21)27-30-25-19(13-15-29-26(25)31-27)23-12-11-22(34-23)16(3)4/h7-15,32H,1,3,6H2,2,4-5H3,(H,29,30,31)/b17-9+,20-8-,21-10+,28-14?. The Labute approximate surface area is 202 Å². The second-order valence-corrected chi connectivity index (χ2v) is 8.84. The first kappa shape index (κ1) is 23.1. The van der Waals surface area contributed by atoms with E-state index >= 15 is 0 Å². The molecular formula is C27H26N6S. The summed E-state index contributed by atoms with van der Waals surface area (Å²) < 4.78 is 0. The second-order valence-electron chi connectivity index (χ2n) is 7.76. The number of pyridine rings is 1. The van der Waals surface area contributed by atoms with Crippen molar-refractivity contribution in [2.24, 2.45) is 4.99 Å². The van der Waals surface area contributed by atoms with Gasteiger partial charge in [-0.1, -0.05) is 38.0 Å². The first-order valence-corrected chi connectivity index (χ1v) is 11.6. The molecule has 6 nitrogen and oxygen atoms in total. The maximum atomic E-state index is 4.69. The predicted molar refractivity (Wildman–Crippen MR) is 145 cm³/mol. The summed E-state index contributed by atoms with van der Waals surface area (Å²) in [7, 11) is 0. The van der Waals surface area contributed by atoms with E-state index in [2.05, 4.69) is 62.0 Å². The number of hydrogen-bond acceptors (Lipinski definition) is 5. The highest BCUT2D eigenvalue weighted by Crippen LogP contribution is 2.34. The molecule has 0 amide bonds. The van der Waals surface area contributed by atoms with Crippen LogP contribution >= 0.6 is 11.3 Å². The Bertz CT molecular complexity index is 1590. The second kappa shape index (κ2) is 9.80. The van der Waals surface area contributed by atoms with Gasteiger partial charge in [-0.05, 0) is 56.2 Å². The molecule has 0 bridgehead atoms. The summed E-state index contributed by atoms with van der Waals surface area (Å²) >= 11 is 1.70. The van der Waals surface area contributed by atoms with E-state index in [1.807, 2.05) is 45.1 Å². The van der Waals surface area contributed by atoms with Crippen LogP contribution in [0, 0.1) is 0 Å². The van der Waals surface area contributed by atoms with Gasteiger partial charge in [0.05, 0.1) is 16.6 Å². The van der Waals surface area contributed by atoms with Gasteiger partial charge in [0.15, 0.2) is 11.5 Å². The molecule has 4 aromatic rings. The summed E-state index contributed by atoms with van der Waals surface area (Å²) in [5.41, 5.74) is 6.15. The lowest BCUT2D eigenvalue weighted by Crippen LogP contribution is -2.21. The fraction of sp³-hybridized carbons (Fsp3) is 0.111. The highest BCUT2D eigenvalue weighted by atomic mass is 32.1. The van der Waals surface area contributed by atoms with E-state index in [0.29, 0.717) is 17.2 Å². The quantitative estimate of drug-likeness (QED) is 0.282. The van der Waals surface area contributed by atoms with Crippen molar-refractivity contribution in [2.45, 2.75) is 20.8 Å². The van der Waals surface area contributed by atoms with Gasteiger partial charge in [0, 0.05) is 32.9 Å². The number of hydrogen-bond donors (Lipinski definition) is 2. The number of allylic oxidation sites excluding steroid dienone is 5. The molecule has 0 saturated heterocycles. The summed E-state index contributed by atoms with van der Waals surface area (Å²) in [5, 5.41) is 9.08. The Morgan fingerprint density at radius 3 is 2.74 bits per heavy atom. The molecular weight excluding hydrogens is 440 g/mol. The maximum absolute atomic E-state index is 4.69. The molecule has 0 radical (unpaired) electrons. The van der Waals surface area contributed by atoms with Gasteiger partial charge in [0.2, 0.25) is 0 Å². The first-order chi connectivity index (χ1) is 16.4. The lowest BCUT2D eigenvalue weighted by atomic mass is 10.2. The Balaban J connectivity index is 1.73. The van der Waals surface area contributed by atoms with Crippen molar-refractivity contribution in [2.75, 3.05) is 0 Å². The molecule has 4 aromatic heterocycles. The molecule has 2 N–H and O–H groups in total. The van der Waals surface area contributed by atoms with Crippen LogP contribution in [0.2, 0.25) is 0 Å². The highest BCUT2D eigenvalue weighted by molar-refractivity contribution is 7.16. The molecule has 170 valence electrons. The van der Waals surface area contributed by atoms with E-state index in [9.17, 15) is 0 Å². The number of imidazole rings is 1. The highest BCUT2D eigenvalue weighted by Gasteiger charge is 2.15. The van der Waals surface area contributed by atoms with Gasteiger partial charge in [-0.25, -0.2) is 9.97 Å². The van der Waals surface area contributed by atoms with E-state index in [1.165, 1.54) is 0 Å². The Morgan fingerprint density at radius 1 is 1.21 bits per heavy atom. The molecule has 0 unspecified atom stereocenters. The van der Waals surface area contributed by atoms with Crippen molar-refractivity contribution in [3.63, 3.8) is 0 Å². The molecule has 0 fully saturated rings. The number of H-pyrrole nitrogens is 2. The molecule has 4 heterocycles. The Morgan fingerprint density at radius 2 is 2.03 bits per heavy atom. The van der Waals surface area contributed by atoms with E-state index in [-0.39, 0.29) is 0 Å². The molecule has 0 aliphatic rings. The number of aromatic amines is 2. The zero-order valence-electron chi connectivity index (χ0n) is 19.5. The Hall–Kier alpha value is -4.10. The predicted octanol–water partition coefficient (Wildman–Crippen LogP) is 5.41. The van der Waals surface area contributed by atoms with E-state index < -0.39 is 0 Å². The normalized spacial score (nSPS) is 13.3. The zero-order chi connectivity index (χ0) is 24.2. The topological polar surface area (TPSA) is 82.6 Å². The van der Waals surface area contributed by atoms with Crippen molar-refractivity contribution in [1.29, 1.82) is 0 Å². The van der Waals surface area contributed by atoms with Gasteiger partial charge in [-0.15, -0.1) is 11.3 Å². The van der Waals surface area contributed by atoms with Crippen LogP contribution in [0.1, 0.15) is 25.6 Å². The molecule has 0 aliphatic carbocycles. The van der Waals surface area contributed by atoms with Gasteiger partial charge < -0.3 is 4.98 Å². The van der Waals surface area contributed by atoms with Gasteiger partial charge in [-0.2, -0.15) is 5.10 Å². The van der Waals surface area contributed by atoms with Crippen molar-refractivity contribution in [1.82, 2.24) is 25.1 Å². The number of nitrogens with zero attached hydrogens (tertiary/aromatic N) is 4. The van der Waals surface area contributed by atoms with Crippen LogP contribution in [0.4, 0.5) is 0 Å². The third kappa shape index (κ3) is 4.51. The first-order valence-electron chi connectivity index (χ1n) is 10.8. The van der Waals surface area contributed by atoms with Crippen molar-refractivity contribution in [3.8, 4) is 22.0 Å². The minimum absolute atomic E-state index is 0.623. The molecule has 7 heteroatoms. The lowest BCUT2D eigenvalue weighted by molar-refractivity contribution is 1.06. The number of thiophene rings is 1. The fourth-order valence-corrected chi connectivity index (χ4v) is 4.45. The molecule has 34 heavy (non-hydrogen) atoms. The third-order valence-electron chi connectivity index (χ3n) is 5.30. The summed E-state index contributed by atoms with van der Waals surface area (Å²) in [5.74, 6) is 0.623. The summed E-state index contributed by atoms with van der Waals surface area (Å²) in [4.78, 5) is 19.2. The average molecular weight is 467 g/mol. The SMILES string of the molecule is C=CC=NC(=C\C)/C(C)=C/C=c1/[nH]nc(-c2nc3nccc(-c4ccc(C(=C)C)s4)c3[nH]2)c1=C. The summed E-state index contributed by atoms with van der Waals surface area (Å²) in [6, 6.07) is 6.19. The molecule has 0 spiro atoms. The van der Waals surface area contributed by atoms with E-state index in [1.54, 1.807) is 29.8 Å². The van der Waals surface area contributed by atoms with E-state index in [0.717, 1.165) is 48.2 Å². The molecule has 0 saturated carbocycles. The monoisotopic (exact) mass is 466 g/mol. The summed E-state index contributed by atoms with van der Waals surface area (Å²) in [6.07, 6.45) is 11.0. The number of fused-ring (bicyclic) bond motifs is 1. The molecule has 0 atom stereocenters. The van der Waals surface area contributed by atoms with Crippen LogP contribution in [-0.4, -0.2) is 31.4 Å². The molecule has 0 aromatic carbocycles. The number of aliphatic imine (C=N–C) groups is 1. The number of nitrogens with one attached hydrogen (secondary N) is 2. The van der Waals surface area contributed by atoms with Crippen molar-refractivity contribution < 1.29 is 0 Å². The maximum Gasteiger partial charge on any atom is 0.178 e. The van der Waals surface area contributed by atoms with Gasteiger partial charge in [0.25, 0.3) is 0 Å². The summed E-state index contributed by atoms with van der Waals surface area (Å²) in [6.45, 7) is 17.9. The van der Waals surface area contributed by atoms with Crippen molar-refractivity contribution in [3.05, 3.63) is 82.5 Å². The average Bonchev–Trinajstić information content (AvgIpc) is 3.56. The van der Waals surface area contributed by atoms with Crippen LogP contribution < -0.4 is 10.6 Å². The largest absolute Gasteiger partial charge is 0.335 e. The fourth-order valence-electron chi connectivity index (χ4n) is 3.48. The number of rotatable bonds is 7. The lowest BCUT2D eigenvalue weighted by Gasteiger charge is -1.98. The van der Waals surface area contributed by atoms with Crippen LogP contribution in [0.15, 0.2) is 72.0 Å². The molecule has 4 rings (SSSR count). The third-order valence-corrected chi connectivity index (χ3v) is 6.58. The van der Waals surface area contributed by atoms with Gasteiger partial charge in [0.1, 0.15) is 5.69 Å². The van der Waals surface area contributed by atoms with Crippen LogP contribution in [0.5, 0.6) is 0 Å². The van der Waals surface area contributed by atoms with Gasteiger partial charge >= 0.3 is 0 Å². The molecule has 0 aliphatic heterocycles. The van der Waals surface area contributed by atoms with Crippen LogP contribution in [-0.2, 0) is 0 Å². The number of aromatic nitrogens is 5. The van der Waals surface area contributed by atoms with Crippen molar-refractivity contribution >= 4 is 46.9 Å². The Kier molecular flexibility index (Phi) is 6.65. The smallest absolute Gasteiger partial charge is 0.178 e. The minimum atomic E-state index is 0.623. The minimum Gasteiger partial charge on any atom is -0.335 e.